The lowest BCUT2D eigenvalue weighted by atomic mass is 9.97. The van der Waals surface area contributed by atoms with Crippen molar-refractivity contribution in [1.29, 1.82) is 5.26 Å². The van der Waals surface area contributed by atoms with Crippen molar-refractivity contribution in [3.63, 3.8) is 0 Å². The number of nitriles is 1. The molecule has 0 aliphatic heterocycles. The Morgan fingerprint density at radius 1 is 0.944 bits per heavy atom. The van der Waals surface area contributed by atoms with Crippen LogP contribution in [0.25, 0.3) is 16.7 Å². The number of rotatable bonds is 8. The molecule has 36 heavy (non-hydrogen) atoms. The summed E-state index contributed by atoms with van der Waals surface area (Å²) >= 11 is 6.19. The average Bonchev–Trinajstić information content (AvgIpc) is 3.28. The van der Waals surface area contributed by atoms with Gasteiger partial charge in [-0.3, -0.25) is 4.40 Å². The zero-order valence-corrected chi connectivity index (χ0v) is 21.5. The van der Waals surface area contributed by atoms with Gasteiger partial charge in [0.15, 0.2) is 5.65 Å². The Balaban J connectivity index is 1.82. The highest BCUT2D eigenvalue weighted by Crippen LogP contribution is 2.35. The molecule has 5 heteroatoms. The molecular weight excluding hydrogens is 464 g/mol. The molecule has 0 saturated heterocycles. The predicted molar refractivity (Wildman–Crippen MR) is 149 cm³/mol. The molecule has 0 radical (unpaired) electrons. The zero-order valence-electron chi connectivity index (χ0n) is 20.7. The largest absolute Gasteiger partial charge is 0.353 e. The normalized spacial score (nSPS) is 11.2. The molecule has 0 atom stereocenters. The second kappa shape index (κ2) is 10.4. The van der Waals surface area contributed by atoms with Crippen molar-refractivity contribution < 1.29 is 0 Å². The highest BCUT2D eigenvalue weighted by Gasteiger charge is 2.24. The zero-order chi connectivity index (χ0) is 25.1. The van der Waals surface area contributed by atoms with E-state index in [9.17, 15) is 5.26 Å². The number of halogens is 1. The fourth-order valence-electron chi connectivity index (χ4n) is 4.93. The summed E-state index contributed by atoms with van der Waals surface area (Å²) in [5, 5.41) is 11.0. The fourth-order valence-corrected chi connectivity index (χ4v) is 5.05. The minimum absolute atomic E-state index is 0.633. The van der Waals surface area contributed by atoms with Crippen molar-refractivity contribution in [3.8, 4) is 6.07 Å². The Hall–Kier alpha value is -3.81. The number of para-hydroxylation sites is 2. The smallest absolute Gasteiger partial charge is 0.157 e. The number of fused-ring (bicyclic) bond motifs is 3. The molecule has 2 aromatic heterocycles. The van der Waals surface area contributed by atoms with Crippen LogP contribution >= 0.6 is 11.6 Å². The van der Waals surface area contributed by atoms with Crippen LogP contribution in [0.1, 0.15) is 47.6 Å². The molecule has 0 spiro atoms. The van der Waals surface area contributed by atoms with E-state index in [1.807, 2.05) is 30.3 Å². The van der Waals surface area contributed by atoms with Crippen LogP contribution in [-0.4, -0.2) is 15.9 Å². The topological polar surface area (TPSA) is 44.3 Å². The van der Waals surface area contributed by atoms with E-state index in [1.54, 1.807) is 0 Å². The highest BCUT2D eigenvalue weighted by atomic mass is 35.5. The number of anilines is 1. The lowest BCUT2D eigenvalue weighted by Gasteiger charge is -2.30. The number of nitrogens with zero attached hydrogens (tertiary/aromatic N) is 4. The number of hydrogen-bond donors (Lipinski definition) is 0. The van der Waals surface area contributed by atoms with Crippen LogP contribution in [-0.2, 0) is 13.0 Å². The summed E-state index contributed by atoms with van der Waals surface area (Å²) in [6.45, 7) is 5.97. The standard InChI is InChI=1S/C31H29ClN4/c1-3-4-18-35(21-24-10-6-5-7-11-24)31-26(19-23-14-16-25(32)17-15-23)22(2)27(20-33)30-34-28-12-8-9-13-29(28)36(30)31/h5-17H,3-4,18-19,21H2,1-2H3. The summed E-state index contributed by atoms with van der Waals surface area (Å²) < 4.78 is 2.21. The maximum atomic E-state index is 10.2. The van der Waals surface area contributed by atoms with E-state index in [-0.39, 0.29) is 0 Å². The molecule has 0 aliphatic carbocycles. The minimum Gasteiger partial charge on any atom is -0.353 e. The van der Waals surface area contributed by atoms with Crippen LogP contribution in [0.3, 0.4) is 0 Å². The van der Waals surface area contributed by atoms with E-state index in [4.69, 9.17) is 16.6 Å². The minimum atomic E-state index is 0.633. The summed E-state index contributed by atoms with van der Waals surface area (Å²) in [6, 6.07) is 29.2. The molecule has 180 valence electrons. The summed E-state index contributed by atoms with van der Waals surface area (Å²) in [6.07, 6.45) is 2.87. The van der Waals surface area contributed by atoms with Gasteiger partial charge in [-0.05, 0) is 54.3 Å². The number of hydrogen-bond acceptors (Lipinski definition) is 3. The van der Waals surface area contributed by atoms with Crippen LogP contribution in [0, 0.1) is 18.3 Å². The Kier molecular flexibility index (Phi) is 6.93. The van der Waals surface area contributed by atoms with Crippen molar-refractivity contribution in [2.75, 3.05) is 11.4 Å². The van der Waals surface area contributed by atoms with Gasteiger partial charge in [-0.25, -0.2) is 4.98 Å². The third-order valence-corrected chi connectivity index (χ3v) is 7.05. The lowest BCUT2D eigenvalue weighted by Crippen LogP contribution is -2.28. The first kappa shape index (κ1) is 23.9. The number of unbranched alkanes of at least 4 members (excludes halogenated alkanes) is 1. The van der Waals surface area contributed by atoms with E-state index in [1.165, 1.54) is 5.56 Å². The Morgan fingerprint density at radius 3 is 2.39 bits per heavy atom. The van der Waals surface area contributed by atoms with Gasteiger partial charge in [0.05, 0.1) is 16.6 Å². The van der Waals surface area contributed by atoms with E-state index < -0.39 is 0 Å². The van der Waals surface area contributed by atoms with Gasteiger partial charge in [-0.2, -0.15) is 5.26 Å². The van der Waals surface area contributed by atoms with Crippen molar-refractivity contribution in [3.05, 3.63) is 112 Å². The van der Waals surface area contributed by atoms with Gasteiger partial charge in [0, 0.05) is 30.1 Å². The van der Waals surface area contributed by atoms with Gasteiger partial charge in [0.2, 0.25) is 0 Å². The van der Waals surface area contributed by atoms with Crippen LogP contribution in [0.5, 0.6) is 0 Å². The van der Waals surface area contributed by atoms with Gasteiger partial charge in [0.25, 0.3) is 0 Å². The van der Waals surface area contributed by atoms with Crippen LogP contribution in [0.15, 0.2) is 78.9 Å². The fraction of sp³-hybridized carbons (Fsp3) is 0.226. The first-order chi connectivity index (χ1) is 17.6. The van der Waals surface area contributed by atoms with Gasteiger partial charge in [-0.15, -0.1) is 0 Å². The SMILES string of the molecule is CCCCN(Cc1ccccc1)c1c(Cc2ccc(Cl)cc2)c(C)c(C#N)c2nc3ccccc3n12. The molecule has 0 amide bonds. The number of benzene rings is 3. The molecule has 0 fully saturated rings. The molecule has 0 N–H and O–H groups in total. The number of aromatic nitrogens is 2. The third kappa shape index (κ3) is 4.55. The van der Waals surface area contributed by atoms with Crippen molar-refractivity contribution in [2.45, 2.75) is 39.7 Å². The Labute approximate surface area is 217 Å². The molecule has 0 saturated carbocycles. The van der Waals surface area contributed by atoms with Gasteiger partial charge >= 0.3 is 0 Å². The van der Waals surface area contributed by atoms with Crippen molar-refractivity contribution in [2.24, 2.45) is 0 Å². The molecule has 0 bridgehead atoms. The summed E-state index contributed by atoms with van der Waals surface area (Å²) in [5.41, 5.74) is 7.82. The van der Waals surface area contributed by atoms with Crippen LogP contribution in [0.4, 0.5) is 5.82 Å². The van der Waals surface area contributed by atoms with Gasteiger partial charge in [-0.1, -0.05) is 79.5 Å². The van der Waals surface area contributed by atoms with Gasteiger partial charge in [0.1, 0.15) is 11.9 Å². The van der Waals surface area contributed by atoms with Gasteiger partial charge < -0.3 is 4.90 Å². The average molecular weight is 493 g/mol. The summed E-state index contributed by atoms with van der Waals surface area (Å²) in [5.74, 6) is 1.11. The molecule has 0 unspecified atom stereocenters. The maximum Gasteiger partial charge on any atom is 0.157 e. The van der Waals surface area contributed by atoms with E-state index in [0.29, 0.717) is 12.0 Å². The molecular formula is C31H29ClN4. The van der Waals surface area contributed by atoms with Crippen LogP contribution < -0.4 is 4.90 Å². The summed E-state index contributed by atoms with van der Waals surface area (Å²) in [7, 11) is 0. The third-order valence-electron chi connectivity index (χ3n) is 6.80. The van der Waals surface area contributed by atoms with Crippen LogP contribution in [0.2, 0.25) is 5.02 Å². The monoisotopic (exact) mass is 492 g/mol. The quantitative estimate of drug-likeness (QED) is 0.223. The molecule has 0 aliphatic rings. The van der Waals surface area contributed by atoms with E-state index in [0.717, 1.165) is 70.1 Å². The molecule has 3 aromatic carbocycles. The predicted octanol–water partition coefficient (Wildman–Crippen LogP) is 7.72. The van der Waals surface area contributed by atoms with Crippen molar-refractivity contribution >= 4 is 34.1 Å². The second-order valence-electron chi connectivity index (χ2n) is 9.24. The number of imidazole rings is 1. The first-order valence-corrected chi connectivity index (χ1v) is 12.8. The Bertz CT molecular complexity index is 1550. The molecule has 5 aromatic rings. The van der Waals surface area contributed by atoms with E-state index >= 15 is 0 Å². The second-order valence-corrected chi connectivity index (χ2v) is 9.67. The molecule has 2 heterocycles. The molecule has 4 nitrogen and oxygen atoms in total. The Morgan fingerprint density at radius 2 is 1.67 bits per heavy atom. The summed E-state index contributed by atoms with van der Waals surface area (Å²) in [4.78, 5) is 7.40. The van der Waals surface area contributed by atoms with E-state index in [2.05, 4.69) is 77.7 Å². The molecule has 5 rings (SSSR count). The number of pyridine rings is 1. The maximum absolute atomic E-state index is 10.2. The highest BCUT2D eigenvalue weighted by molar-refractivity contribution is 6.30. The first-order valence-electron chi connectivity index (χ1n) is 12.5. The lowest BCUT2D eigenvalue weighted by molar-refractivity contribution is 0.700. The van der Waals surface area contributed by atoms with Crippen molar-refractivity contribution in [1.82, 2.24) is 9.38 Å².